The zero-order chi connectivity index (χ0) is 19.8. The van der Waals surface area contributed by atoms with E-state index in [-0.39, 0.29) is 12.5 Å². The highest BCUT2D eigenvalue weighted by molar-refractivity contribution is 5.90. The number of nitrogens with one attached hydrogen (secondary N) is 1. The molecule has 0 aliphatic rings. The second kappa shape index (κ2) is 9.50. The standard InChI is InChI=1S/C20H23N5O3/c1-3-13-28-18-9-5-15(6-10-18)20-22-24-25(23-20)14-19(26)21-16-7-11-17(12-8-16)27-4-2/h5-12H,3-4,13-14H2,1-2H3,(H,21,26). The number of ether oxygens (including phenoxy) is 2. The Labute approximate surface area is 163 Å². The van der Waals surface area contributed by atoms with Crippen LogP contribution in [0.5, 0.6) is 11.5 Å². The third-order valence-electron chi connectivity index (χ3n) is 3.77. The molecule has 1 heterocycles. The van der Waals surface area contributed by atoms with Gasteiger partial charge in [0.25, 0.3) is 0 Å². The van der Waals surface area contributed by atoms with Crippen LogP contribution in [-0.2, 0) is 11.3 Å². The van der Waals surface area contributed by atoms with Gasteiger partial charge in [0.05, 0.1) is 13.2 Å². The summed E-state index contributed by atoms with van der Waals surface area (Å²) in [6, 6.07) is 14.6. The van der Waals surface area contributed by atoms with Crippen molar-refractivity contribution in [3.05, 3.63) is 48.5 Å². The Morgan fingerprint density at radius 1 is 1.00 bits per heavy atom. The number of benzene rings is 2. The fraction of sp³-hybridized carbons (Fsp3) is 0.300. The molecule has 8 nitrogen and oxygen atoms in total. The molecule has 1 amide bonds. The largest absolute Gasteiger partial charge is 0.494 e. The Bertz CT molecular complexity index is 891. The van der Waals surface area contributed by atoms with Crippen LogP contribution in [0.2, 0.25) is 0 Å². The van der Waals surface area contributed by atoms with E-state index in [9.17, 15) is 4.79 Å². The molecule has 8 heteroatoms. The van der Waals surface area contributed by atoms with Gasteiger partial charge in [-0.2, -0.15) is 4.80 Å². The van der Waals surface area contributed by atoms with Crippen LogP contribution in [-0.4, -0.2) is 39.3 Å². The number of rotatable bonds is 9. The summed E-state index contributed by atoms with van der Waals surface area (Å²) in [5.41, 5.74) is 1.48. The van der Waals surface area contributed by atoms with Gasteiger partial charge in [0.15, 0.2) is 0 Å². The van der Waals surface area contributed by atoms with E-state index in [0.717, 1.165) is 23.5 Å². The van der Waals surface area contributed by atoms with Gasteiger partial charge in [-0.15, -0.1) is 10.2 Å². The fourth-order valence-corrected chi connectivity index (χ4v) is 2.48. The third kappa shape index (κ3) is 5.29. The topological polar surface area (TPSA) is 91.2 Å². The molecule has 2 aromatic carbocycles. The number of tetrazole rings is 1. The second-order valence-electron chi connectivity index (χ2n) is 6.02. The van der Waals surface area contributed by atoms with Crippen molar-refractivity contribution in [1.82, 2.24) is 20.2 Å². The number of hydrogen-bond acceptors (Lipinski definition) is 6. The van der Waals surface area contributed by atoms with Crippen molar-refractivity contribution in [2.75, 3.05) is 18.5 Å². The number of nitrogens with zero attached hydrogens (tertiary/aromatic N) is 4. The number of aromatic nitrogens is 4. The van der Waals surface area contributed by atoms with Gasteiger partial charge >= 0.3 is 0 Å². The Hall–Kier alpha value is -3.42. The van der Waals surface area contributed by atoms with Crippen molar-refractivity contribution in [2.45, 2.75) is 26.8 Å². The van der Waals surface area contributed by atoms with Gasteiger partial charge in [-0.1, -0.05) is 6.92 Å². The molecular formula is C20H23N5O3. The maximum atomic E-state index is 12.2. The molecule has 0 fully saturated rings. The molecule has 146 valence electrons. The highest BCUT2D eigenvalue weighted by Crippen LogP contribution is 2.19. The maximum Gasteiger partial charge on any atom is 0.248 e. The first-order chi connectivity index (χ1) is 13.7. The van der Waals surface area contributed by atoms with Crippen molar-refractivity contribution in [2.24, 2.45) is 0 Å². The van der Waals surface area contributed by atoms with E-state index in [1.165, 1.54) is 4.80 Å². The van der Waals surface area contributed by atoms with Crippen LogP contribution in [0, 0.1) is 0 Å². The monoisotopic (exact) mass is 381 g/mol. The summed E-state index contributed by atoms with van der Waals surface area (Å²) in [6.45, 7) is 5.22. The lowest BCUT2D eigenvalue weighted by molar-refractivity contribution is -0.117. The highest BCUT2D eigenvalue weighted by Gasteiger charge is 2.10. The first-order valence-corrected chi connectivity index (χ1v) is 9.21. The van der Waals surface area contributed by atoms with Crippen LogP contribution in [0.4, 0.5) is 5.69 Å². The van der Waals surface area contributed by atoms with Crippen LogP contribution in [0.25, 0.3) is 11.4 Å². The van der Waals surface area contributed by atoms with E-state index < -0.39 is 0 Å². The van der Waals surface area contributed by atoms with Crippen LogP contribution < -0.4 is 14.8 Å². The fourth-order valence-electron chi connectivity index (χ4n) is 2.48. The first kappa shape index (κ1) is 19.3. The molecule has 28 heavy (non-hydrogen) atoms. The van der Waals surface area contributed by atoms with Gasteiger partial charge in [0, 0.05) is 11.3 Å². The molecular weight excluding hydrogens is 358 g/mol. The summed E-state index contributed by atoms with van der Waals surface area (Å²) in [7, 11) is 0. The molecule has 0 atom stereocenters. The predicted molar refractivity (Wildman–Crippen MR) is 105 cm³/mol. The Morgan fingerprint density at radius 2 is 1.68 bits per heavy atom. The number of hydrogen-bond donors (Lipinski definition) is 1. The number of amides is 1. The van der Waals surface area contributed by atoms with E-state index in [1.807, 2.05) is 31.2 Å². The maximum absolute atomic E-state index is 12.2. The smallest absolute Gasteiger partial charge is 0.248 e. The summed E-state index contributed by atoms with van der Waals surface area (Å²) in [5, 5.41) is 15.0. The molecule has 0 radical (unpaired) electrons. The molecule has 0 saturated heterocycles. The van der Waals surface area contributed by atoms with E-state index >= 15 is 0 Å². The lowest BCUT2D eigenvalue weighted by atomic mass is 10.2. The van der Waals surface area contributed by atoms with Crippen molar-refractivity contribution in [3.8, 4) is 22.9 Å². The molecule has 0 saturated carbocycles. The van der Waals surface area contributed by atoms with Crippen molar-refractivity contribution < 1.29 is 14.3 Å². The number of carbonyl (C=O) groups is 1. The van der Waals surface area contributed by atoms with Gasteiger partial charge in [-0.25, -0.2) is 0 Å². The number of anilines is 1. The van der Waals surface area contributed by atoms with Gasteiger partial charge in [-0.05, 0) is 67.1 Å². The molecule has 3 aromatic rings. The van der Waals surface area contributed by atoms with E-state index in [4.69, 9.17) is 9.47 Å². The number of carbonyl (C=O) groups excluding carboxylic acids is 1. The Balaban J connectivity index is 1.57. The Morgan fingerprint density at radius 3 is 2.36 bits per heavy atom. The van der Waals surface area contributed by atoms with E-state index in [1.54, 1.807) is 24.3 Å². The van der Waals surface area contributed by atoms with E-state index in [2.05, 4.69) is 27.7 Å². The van der Waals surface area contributed by atoms with Gasteiger partial charge in [0.2, 0.25) is 11.7 Å². The van der Waals surface area contributed by atoms with Gasteiger partial charge < -0.3 is 14.8 Å². The van der Waals surface area contributed by atoms with Crippen LogP contribution in [0.15, 0.2) is 48.5 Å². The quantitative estimate of drug-likeness (QED) is 0.612. The van der Waals surface area contributed by atoms with Crippen LogP contribution in [0.3, 0.4) is 0 Å². The zero-order valence-electron chi connectivity index (χ0n) is 16.0. The van der Waals surface area contributed by atoms with Gasteiger partial charge in [0.1, 0.15) is 18.0 Å². The first-order valence-electron chi connectivity index (χ1n) is 9.21. The summed E-state index contributed by atoms with van der Waals surface area (Å²) in [4.78, 5) is 13.5. The van der Waals surface area contributed by atoms with Crippen molar-refractivity contribution in [3.63, 3.8) is 0 Å². The molecule has 0 spiro atoms. The lowest BCUT2D eigenvalue weighted by Gasteiger charge is -2.06. The average molecular weight is 381 g/mol. The summed E-state index contributed by atoms with van der Waals surface area (Å²) >= 11 is 0. The molecule has 1 aromatic heterocycles. The van der Waals surface area contributed by atoms with Crippen LogP contribution >= 0.6 is 0 Å². The third-order valence-corrected chi connectivity index (χ3v) is 3.77. The average Bonchev–Trinajstić information content (AvgIpc) is 3.17. The summed E-state index contributed by atoms with van der Waals surface area (Å²) in [6.07, 6.45) is 0.955. The normalized spacial score (nSPS) is 10.5. The second-order valence-corrected chi connectivity index (χ2v) is 6.02. The van der Waals surface area contributed by atoms with Crippen LogP contribution in [0.1, 0.15) is 20.3 Å². The molecule has 0 aliphatic carbocycles. The minimum Gasteiger partial charge on any atom is -0.494 e. The van der Waals surface area contributed by atoms with Crippen molar-refractivity contribution in [1.29, 1.82) is 0 Å². The molecule has 1 N–H and O–H groups in total. The van der Waals surface area contributed by atoms with Crippen molar-refractivity contribution >= 4 is 11.6 Å². The highest BCUT2D eigenvalue weighted by atomic mass is 16.5. The molecule has 0 bridgehead atoms. The summed E-state index contributed by atoms with van der Waals surface area (Å²) in [5.74, 6) is 1.77. The predicted octanol–water partition coefficient (Wildman–Crippen LogP) is 3.17. The molecule has 0 aliphatic heterocycles. The summed E-state index contributed by atoms with van der Waals surface area (Å²) < 4.78 is 10.9. The SMILES string of the molecule is CCCOc1ccc(-c2nnn(CC(=O)Nc3ccc(OCC)cc3)n2)cc1. The molecule has 3 rings (SSSR count). The van der Waals surface area contributed by atoms with Gasteiger partial charge in [-0.3, -0.25) is 4.79 Å². The van der Waals surface area contributed by atoms with E-state index in [0.29, 0.717) is 24.7 Å². The Kier molecular flexibility index (Phi) is 6.56. The zero-order valence-corrected chi connectivity index (χ0v) is 16.0. The minimum absolute atomic E-state index is 0.0299. The molecule has 0 unspecified atom stereocenters. The lowest BCUT2D eigenvalue weighted by Crippen LogP contribution is -2.20. The minimum atomic E-state index is -0.239.